The quantitative estimate of drug-likeness (QED) is 0.155. The maximum atomic E-state index is 2.68. The zero-order valence-corrected chi connectivity index (χ0v) is 39.7. The molecule has 2 nitrogen and oxygen atoms in total. The van der Waals surface area contributed by atoms with E-state index in [1.165, 1.54) is 152 Å². The molecular formula is C68H56N2. The zero-order chi connectivity index (χ0) is 45.7. The predicted molar refractivity (Wildman–Crippen MR) is 291 cm³/mol. The first kappa shape index (κ1) is 39.7. The van der Waals surface area contributed by atoms with Crippen molar-refractivity contribution in [3.8, 4) is 39.1 Å². The van der Waals surface area contributed by atoms with Gasteiger partial charge < -0.3 is 9.47 Å². The molecule has 1 aromatic heterocycles. The molecule has 0 saturated heterocycles. The molecule has 2 heteroatoms. The third-order valence-corrected chi connectivity index (χ3v) is 19.4. The van der Waals surface area contributed by atoms with Gasteiger partial charge in [-0.3, -0.25) is 0 Å². The second-order valence-corrected chi connectivity index (χ2v) is 22.2. The maximum Gasteiger partial charge on any atom is 0.0541 e. The monoisotopic (exact) mass is 900 g/mol. The van der Waals surface area contributed by atoms with E-state index in [9.17, 15) is 0 Å². The van der Waals surface area contributed by atoms with Gasteiger partial charge in [0.25, 0.3) is 0 Å². The van der Waals surface area contributed by atoms with Crippen molar-refractivity contribution in [1.82, 2.24) is 4.57 Å². The Hall–Kier alpha value is -7.16. The van der Waals surface area contributed by atoms with Crippen LogP contribution in [0.1, 0.15) is 80.4 Å². The molecule has 5 unspecified atom stereocenters. The molecule has 6 aliphatic carbocycles. The summed E-state index contributed by atoms with van der Waals surface area (Å²) in [7, 11) is 0. The van der Waals surface area contributed by atoms with E-state index in [4.69, 9.17) is 0 Å². The number of rotatable bonds is 7. The third-order valence-electron chi connectivity index (χ3n) is 19.4. The van der Waals surface area contributed by atoms with Crippen molar-refractivity contribution in [2.75, 3.05) is 4.90 Å². The molecule has 0 aliphatic heterocycles. The van der Waals surface area contributed by atoms with Crippen molar-refractivity contribution in [1.29, 1.82) is 0 Å². The van der Waals surface area contributed by atoms with Crippen LogP contribution >= 0.6 is 0 Å². The van der Waals surface area contributed by atoms with Gasteiger partial charge in [0.15, 0.2) is 0 Å². The smallest absolute Gasteiger partial charge is 0.0541 e. The highest BCUT2D eigenvalue weighted by Crippen LogP contribution is 2.89. The number of anilines is 3. The van der Waals surface area contributed by atoms with Gasteiger partial charge in [-0.05, 0) is 189 Å². The molecule has 338 valence electrons. The van der Waals surface area contributed by atoms with E-state index in [-0.39, 0.29) is 5.41 Å². The molecule has 70 heavy (non-hydrogen) atoms. The molecule has 2 bridgehead atoms. The minimum atomic E-state index is 0.120. The molecule has 0 N–H and O–H groups in total. The fraction of sp³-hybridized carbons (Fsp3) is 0.235. The Morgan fingerprint density at radius 2 is 1.17 bits per heavy atom. The highest BCUT2D eigenvalue weighted by molar-refractivity contribution is 6.10. The summed E-state index contributed by atoms with van der Waals surface area (Å²) in [6.45, 7) is 0. The molecule has 5 fully saturated rings. The molecule has 0 radical (unpaired) electrons. The average Bonchev–Trinajstić information content (AvgIpc) is 4.16. The third kappa shape index (κ3) is 5.19. The van der Waals surface area contributed by atoms with Crippen LogP contribution in [0.5, 0.6) is 0 Å². The van der Waals surface area contributed by atoms with E-state index < -0.39 is 0 Å². The lowest BCUT2D eigenvalue weighted by Gasteiger charge is -2.76. The van der Waals surface area contributed by atoms with E-state index in [0.717, 1.165) is 23.7 Å². The molecule has 6 atom stereocenters. The highest BCUT2D eigenvalue weighted by atomic mass is 15.1. The minimum absolute atomic E-state index is 0.120. The van der Waals surface area contributed by atoms with Gasteiger partial charge in [0, 0.05) is 38.8 Å². The SMILES string of the molecule is c1ccc(-n2c3ccccc3c3cc(-c4ccc(N(c5ccc6c(c5)C5(c7ccccc7-6)C6CC7C[C@@H]8CC5C68C7)c5ccccc5-c5cccc6cccc(C7CCCCC7)c56)cc4)ccc32)cc1. The fourth-order valence-corrected chi connectivity index (χ4v) is 16.9. The summed E-state index contributed by atoms with van der Waals surface area (Å²) in [5.41, 5.74) is 20.8. The standard InChI is InChI=1S/C68H56N2/c1-3-15-45(16-4-1)52-24-13-17-46-18-14-25-57(66(46)52)55-22-8-11-27-61(55)69(51-34-35-54-53-21-7-10-26-59(53)68(60(54)41-51)64-38-43-37-48-40-65(68)67(48,64)42-43)50-32-29-44(30-33-50)47-31-36-63-58(39-47)56-23-9-12-28-62(56)70(63)49-19-5-2-6-20-49/h2,5-14,17-36,39,41,43,45,48,64-65H,1,3-4,15-16,37-38,40,42H2/t43?,48-,64?,65?,67?,68?/m1/s1. The number of hydrogen-bond donors (Lipinski definition) is 0. The molecule has 2 spiro atoms. The van der Waals surface area contributed by atoms with E-state index in [0.29, 0.717) is 11.3 Å². The Kier molecular flexibility index (Phi) is 8.32. The van der Waals surface area contributed by atoms with Crippen LogP contribution in [0.15, 0.2) is 200 Å². The molecule has 6 aliphatic rings. The largest absolute Gasteiger partial charge is 0.310 e. The molecule has 10 aromatic rings. The second kappa shape index (κ2) is 14.7. The maximum absolute atomic E-state index is 2.68. The minimum Gasteiger partial charge on any atom is -0.310 e. The number of para-hydroxylation sites is 3. The Bertz CT molecular complexity index is 3750. The van der Waals surface area contributed by atoms with Gasteiger partial charge >= 0.3 is 0 Å². The van der Waals surface area contributed by atoms with Gasteiger partial charge in [0.2, 0.25) is 0 Å². The Morgan fingerprint density at radius 3 is 2.04 bits per heavy atom. The normalized spacial score (nSPS) is 24.7. The number of nitrogens with zero attached hydrogens (tertiary/aromatic N) is 2. The number of benzene rings is 9. The van der Waals surface area contributed by atoms with E-state index in [1.54, 1.807) is 11.1 Å². The summed E-state index contributed by atoms with van der Waals surface area (Å²) < 4.78 is 2.41. The first-order valence-electron chi connectivity index (χ1n) is 26.5. The van der Waals surface area contributed by atoms with Crippen LogP contribution in [-0.2, 0) is 5.41 Å². The topological polar surface area (TPSA) is 8.17 Å². The lowest BCUT2D eigenvalue weighted by atomic mass is 9.27. The summed E-state index contributed by atoms with van der Waals surface area (Å²) in [5, 5.41) is 5.33. The summed E-state index contributed by atoms with van der Waals surface area (Å²) in [5.74, 6) is 3.99. The first-order chi connectivity index (χ1) is 34.7. The molecule has 5 saturated carbocycles. The first-order valence-corrected chi connectivity index (χ1v) is 26.5. The number of hydrogen-bond acceptors (Lipinski definition) is 1. The van der Waals surface area contributed by atoms with Crippen LogP contribution in [0.4, 0.5) is 17.1 Å². The van der Waals surface area contributed by atoms with Crippen LogP contribution in [0.2, 0.25) is 0 Å². The molecule has 0 amide bonds. The van der Waals surface area contributed by atoms with Crippen molar-refractivity contribution in [3.63, 3.8) is 0 Å². The van der Waals surface area contributed by atoms with Gasteiger partial charge in [-0.2, -0.15) is 0 Å². The van der Waals surface area contributed by atoms with Crippen LogP contribution in [0.3, 0.4) is 0 Å². The lowest BCUT2D eigenvalue weighted by molar-refractivity contribution is -0.231. The van der Waals surface area contributed by atoms with E-state index in [1.807, 2.05) is 0 Å². The number of aromatic nitrogens is 1. The van der Waals surface area contributed by atoms with Crippen LogP contribution < -0.4 is 4.90 Å². The second-order valence-electron chi connectivity index (χ2n) is 22.2. The summed E-state index contributed by atoms with van der Waals surface area (Å²) in [4.78, 5) is 2.62. The fourth-order valence-electron chi connectivity index (χ4n) is 16.9. The van der Waals surface area contributed by atoms with E-state index >= 15 is 0 Å². The van der Waals surface area contributed by atoms with Crippen LogP contribution in [0, 0.1) is 29.1 Å². The van der Waals surface area contributed by atoms with E-state index in [2.05, 4.69) is 210 Å². The van der Waals surface area contributed by atoms with Gasteiger partial charge in [-0.1, -0.05) is 159 Å². The van der Waals surface area contributed by atoms with Crippen molar-refractivity contribution in [2.24, 2.45) is 29.1 Å². The van der Waals surface area contributed by atoms with Crippen molar-refractivity contribution >= 4 is 49.6 Å². The highest BCUT2D eigenvalue weighted by Gasteiger charge is 2.84. The van der Waals surface area contributed by atoms with Crippen LogP contribution in [0.25, 0.3) is 71.6 Å². The summed E-state index contributed by atoms with van der Waals surface area (Å²) >= 11 is 0. The van der Waals surface area contributed by atoms with Gasteiger partial charge in [-0.15, -0.1) is 0 Å². The predicted octanol–water partition coefficient (Wildman–Crippen LogP) is 18.1. The lowest BCUT2D eigenvalue weighted by Crippen LogP contribution is -2.73. The van der Waals surface area contributed by atoms with Gasteiger partial charge in [-0.25, -0.2) is 0 Å². The Balaban J connectivity index is 0.875. The molecular weight excluding hydrogens is 845 g/mol. The summed E-state index contributed by atoms with van der Waals surface area (Å²) in [6.07, 6.45) is 12.3. The van der Waals surface area contributed by atoms with Crippen molar-refractivity contribution < 1.29 is 0 Å². The molecule has 9 aromatic carbocycles. The number of fused-ring (bicyclic) bond motifs is 12. The van der Waals surface area contributed by atoms with Gasteiger partial charge in [0.1, 0.15) is 0 Å². The molecule has 1 heterocycles. The Labute approximate surface area is 411 Å². The van der Waals surface area contributed by atoms with Gasteiger partial charge in [0.05, 0.1) is 16.7 Å². The van der Waals surface area contributed by atoms with Crippen molar-refractivity contribution in [2.45, 2.75) is 69.1 Å². The Morgan fingerprint density at radius 1 is 0.471 bits per heavy atom. The average molecular weight is 901 g/mol. The molecule has 16 rings (SSSR count). The summed E-state index contributed by atoms with van der Waals surface area (Å²) in [6, 6.07) is 76.8. The van der Waals surface area contributed by atoms with Crippen molar-refractivity contribution in [3.05, 3.63) is 217 Å². The zero-order valence-electron chi connectivity index (χ0n) is 39.7. The van der Waals surface area contributed by atoms with Crippen LogP contribution in [-0.4, -0.2) is 4.57 Å².